The summed E-state index contributed by atoms with van der Waals surface area (Å²) < 4.78 is 54.8. The molecule has 2 aromatic carbocycles. The van der Waals surface area contributed by atoms with Gasteiger partial charge in [0.1, 0.15) is 10.0 Å². The maximum Gasteiger partial charge on any atom is 0.266 e. The molecule has 2 fully saturated rings. The third-order valence-corrected chi connectivity index (χ3v) is 12.1. The number of para-hydroxylation sites is 1. The lowest BCUT2D eigenvalue weighted by atomic mass is 10.1. The summed E-state index contributed by atoms with van der Waals surface area (Å²) in [6.07, 6.45) is 5.25. The molecule has 1 atom stereocenters. The predicted molar refractivity (Wildman–Crippen MR) is 170 cm³/mol. The van der Waals surface area contributed by atoms with Crippen LogP contribution in [0.3, 0.4) is 0 Å². The Bertz CT molecular complexity index is 1740. The van der Waals surface area contributed by atoms with Crippen molar-refractivity contribution in [2.24, 2.45) is 0 Å². The van der Waals surface area contributed by atoms with Gasteiger partial charge >= 0.3 is 0 Å². The number of benzene rings is 2. The molecule has 0 N–H and O–H groups in total. The number of sulfone groups is 1. The fourth-order valence-corrected chi connectivity index (χ4v) is 9.91. The number of hydrogen-bond acceptors (Lipinski definition) is 8. The van der Waals surface area contributed by atoms with E-state index in [0.29, 0.717) is 58.4 Å². The normalized spacial score (nSPS) is 19.8. The van der Waals surface area contributed by atoms with Crippen LogP contribution in [0.4, 0.5) is 0 Å². The summed E-state index contributed by atoms with van der Waals surface area (Å²) in [4.78, 5) is 15.4. The molecule has 2 saturated heterocycles. The molecule has 13 heteroatoms. The third kappa shape index (κ3) is 6.25. The van der Waals surface area contributed by atoms with Gasteiger partial charge in [-0.3, -0.25) is 9.69 Å². The molecule has 0 aliphatic carbocycles. The average molecular weight is 645 g/mol. The first-order valence-electron chi connectivity index (χ1n) is 13.8. The smallest absolute Gasteiger partial charge is 0.266 e. The molecule has 0 spiro atoms. The number of rotatable bonds is 10. The van der Waals surface area contributed by atoms with Gasteiger partial charge in [-0.25, -0.2) is 21.5 Å². The Morgan fingerprint density at radius 1 is 1.10 bits per heavy atom. The van der Waals surface area contributed by atoms with E-state index in [1.165, 1.54) is 9.21 Å². The zero-order chi connectivity index (χ0) is 30.1. The first kappa shape index (κ1) is 30.6. The molecule has 1 aromatic heterocycles. The first-order valence-corrected chi connectivity index (χ1v) is 18.3. The van der Waals surface area contributed by atoms with Crippen molar-refractivity contribution in [1.29, 1.82) is 0 Å². The highest BCUT2D eigenvalue weighted by molar-refractivity contribution is 8.26. The monoisotopic (exact) mass is 644 g/mol. The third-order valence-electron chi connectivity index (χ3n) is 7.14. The van der Waals surface area contributed by atoms with E-state index in [-0.39, 0.29) is 22.3 Å². The molecule has 2 aliphatic heterocycles. The van der Waals surface area contributed by atoms with Gasteiger partial charge in [-0.05, 0) is 49.6 Å². The summed E-state index contributed by atoms with van der Waals surface area (Å²) in [5.74, 6) is -0.399. The average Bonchev–Trinajstić information content (AvgIpc) is 3.63. The molecule has 3 aromatic rings. The lowest BCUT2D eigenvalue weighted by Crippen LogP contribution is -2.39. The second kappa shape index (κ2) is 12.4. The van der Waals surface area contributed by atoms with E-state index in [1.807, 2.05) is 44.2 Å². The number of thiocarbonyl (C=S) groups is 1. The van der Waals surface area contributed by atoms with Crippen LogP contribution in [0.15, 0.2) is 70.6 Å². The Balaban J connectivity index is 1.57. The predicted octanol–water partition coefficient (Wildman–Crippen LogP) is 4.74. The van der Waals surface area contributed by atoms with E-state index >= 15 is 0 Å². The Labute approximate surface area is 256 Å². The van der Waals surface area contributed by atoms with Crippen LogP contribution in [0.5, 0.6) is 0 Å². The molecular weight excluding hydrogens is 613 g/mol. The maximum atomic E-state index is 13.6. The van der Waals surface area contributed by atoms with Crippen LogP contribution in [0.2, 0.25) is 0 Å². The number of hydrogen-bond donors (Lipinski definition) is 0. The summed E-state index contributed by atoms with van der Waals surface area (Å²) >= 11 is 6.63. The van der Waals surface area contributed by atoms with E-state index in [0.717, 1.165) is 17.4 Å². The zero-order valence-electron chi connectivity index (χ0n) is 23.3. The number of amides is 1. The quantitative estimate of drug-likeness (QED) is 0.230. The Morgan fingerprint density at radius 2 is 1.81 bits per heavy atom. The van der Waals surface area contributed by atoms with Crippen LogP contribution in [-0.4, -0.2) is 76.7 Å². The standard InChI is InChI=1S/C29H32N4O5S4/c1-3-14-31(15-4-2)42(37,38)25-12-8-9-21(17-25)27-22(19-32(30-27)23-10-6-5-7-11-23)18-26-28(34)33(29(39)40-26)24-13-16-41(35,36)20-24/h5-12,17-19,24H,3-4,13-16,20H2,1-2H3. The molecule has 5 rings (SSSR count). The number of carbonyl (C=O) groups excluding carboxylic acids is 1. The fourth-order valence-electron chi connectivity index (χ4n) is 5.15. The van der Waals surface area contributed by atoms with E-state index in [9.17, 15) is 21.6 Å². The van der Waals surface area contributed by atoms with E-state index in [2.05, 4.69) is 0 Å². The van der Waals surface area contributed by atoms with Crippen LogP contribution in [-0.2, 0) is 24.7 Å². The highest BCUT2D eigenvalue weighted by atomic mass is 32.2. The molecule has 0 radical (unpaired) electrons. The SMILES string of the molecule is CCCN(CCC)S(=O)(=O)c1cccc(-c2nn(-c3ccccc3)cc2C=C2SC(=S)N(C3CCS(=O)(=O)C3)C2=O)c1. The molecular formula is C29H32N4O5S4. The van der Waals surface area contributed by atoms with Crippen molar-refractivity contribution in [3.05, 3.63) is 71.3 Å². The molecule has 1 unspecified atom stereocenters. The molecule has 1 amide bonds. The summed E-state index contributed by atoms with van der Waals surface area (Å²) in [6.45, 7) is 4.76. The molecule has 9 nitrogen and oxygen atoms in total. The van der Waals surface area contributed by atoms with Gasteiger partial charge in [0.15, 0.2) is 9.84 Å². The van der Waals surface area contributed by atoms with Crippen molar-refractivity contribution in [2.45, 2.75) is 44.0 Å². The summed E-state index contributed by atoms with van der Waals surface area (Å²) in [7, 11) is -6.93. The molecule has 42 heavy (non-hydrogen) atoms. The van der Waals surface area contributed by atoms with Crippen molar-refractivity contribution in [1.82, 2.24) is 19.0 Å². The van der Waals surface area contributed by atoms with Gasteiger partial charge in [0.25, 0.3) is 5.91 Å². The van der Waals surface area contributed by atoms with Crippen LogP contribution >= 0.6 is 24.0 Å². The lowest BCUT2D eigenvalue weighted by Gasteiger charge is -2.21. The minimum atomic E-state index is -3.73. The van der Waals surface area contributed by atoms with Gasteiger partial charge < -0.3 is 0 Å². The summed E-state index contributed by atoms with van der Waals surface area (Å²) in [5.41, 5.74) is 2.49. The van der Waals surface area contributed by atoms with Gasteiger partial charge in [0.05, 0.1) is 33.0 Å². The Morgan fingerprint density at radius 3 is 2.45 bits per heavy atom. The number of aromatic nitrogens is 2. The van der Waals surface area contributed by atoms with Crippen molar-refractivity contribution < 1.29 is 21.6 Å². The van der Waals surface area contributed by atoms with Gasteiger partial charge in [-0.2, -0.15) is 9.40 Å². The van der Waals surface area contributed by atoms with Gasteiger partial charge in [-0.15, -0.1) is 0 Å². The molecule has 3 heterocycles. The number of carbonyl (C=O) groups is 1. The van der Waals surface area contributed by atoms with Crippen molar-refractivity contribution in [2.75, 3.05) is 24.6 Å². The van der Waals surface area contributed by atoms with Gasteiger partial charge in [0, 0.05) is 30.4 Å². The molecule has 2 aliphatic rings. The zero-order valence-corrected chi connectivity index (χ0v) is 26.6. The van der Waals surface area contributed by atoms with E-state index in [4.69, 9.17) is 17.3 Å². The minimum absolute atomic E-state index is 0.0367. The van der Waals surface area contributed by atoms with Gasteiger partial charge in [-0.1, -0.05) is 68.2 Å². The van der Waals surface area contributed by atoms with E-state index in [1.54, 1.807) is 41.2 Å². The van der Waals surface area contributed by atoms with Crippen LogP contribution in [0, 0.1) is 0 Å². The van der Waals surface area contributed by atoms with Crippen LogP contribution < -0.4 is 0 Å². The summed E-state index contributed by atoms with van der Waals surface area (Å²) in [6, 6.07) is 15.7. The number of sulfonamides is 1. The van der Waals surface area contributed by atoms with Crippen LogP contribution in [0.25, 0.3) is 23.0 Å². The van der Waals surface area contributed by atoms with Crippen molar-refractivity contribution in [3.63, 3.8) is 0 Å². The second-order valence-corrected chi connectivity index (χ2v) is 16.1. The highest BCUT2D eigenvalue weighted by Crippen LogP contribution is 2.38. The number of thioether (sulfide) groups is 1. The molecule has 0 bridgehead atoms. The Kier molecular flexibility index (Phi) is 9.05. The van der Waals surface area contributed by atoms with Gasteiger partial charge in [0.2, 0.25) is 10.0 Å². The first-order chi connectivity index (χ1) is 20.0. The lowest BCUT2D eigenvalue weighted by molar-refractivity contribution is -0.123. The van der Waals surface area contributed by atoms with E-state index < -0.39 is 25.9 Å². The van der Waals surface area contributed by atoms with Crippen LogP contribution in [0.1, 0.15) is 38.7 Å². The second-order valence-electron chi connectivity index (χ2n) is 10.3. The molecule has 0 saturated carbocycles. The number of nitrogens with zero attached hydrogens (tertiary/aromatic N) is 4. The topological polar surface area (TPSA) is 110 Å². The summed E-state index contributed by atoms with van der Waals surface area (Å²) in [5, 5.41) is 4.81. The highest BCUT2D eigenvalue weighted by Gasteiger charge is 2.42. The Hall–Kier alpha value is -2.84. The minimum Gasteiger partial charge on any atom is -0.289 e. The van der Waals surface area contributed by atoms with Crippen molar-refractivity contribution >= 4 is 60.1 Å². The largest absolute Gasteiger partial charge is 0.289 e. The van der Waals surface area contributed by atoms with Crippen molar-refractivity contribution in [3.8, 4) is 16.9 Å². The maximum absolute atomic E-state index is 13.6. The molecule has 222 valence electrons. The fraction of sp³-hybridized carbons (Fsp3) is 0.345.